The van der Waals surface area contributed by atoms with E-state index in [1.54, 1.807) is 24.2 Å². The number of allylic oxidation sites excluding steroid dienone is 4. The van der Waals surface area contributed by atoms with Gasteiger partial charge in [0.1, 0.15) is 0 Å². The van der Waals surface area contributed by atoms with Crippen molar-refractivity contribution in [1.29, 1.82) is 0 Å². The number of fused-ring (bicyclic) bond motifs is 3. The summed E-state index contributed by atoms with van der Waals surface area (Å²) < 4.78 is 1.51. The summed E-state index contributed by atoms with van der Waals surface area (Å²) in [7, 11) is 0. The van der Waals surface area contributed by atoms with E-state index in [9.17, 15) is 0 Å². The summed E-state index contributed by atoms with van der Waals surface area (Å²) >= 11 is 1.55. The zero-order valence-electron chi connectivity index (χ0n) is 26.0. The monoisotopic (exact) mass is 628 g/mol. The second-order valence-corrected chi connectivity index (χ2v) is 16.1. The third-order valence-electron chi connectivity index (χ3n) is 6.51. The van der Waals surface area contributed by atoms with Crippen LogP contribution in [0, 0.1) is 17.4 Å². The normalized spacial score (nSPS) is 15.3. The van der Waals surface area contributed by atoms with E-state index in [1.165, 1.54) is 47.0 Å². The molecule has 3 heteroatoms. The van der Waals surface area contributed by atoms with Crippen molar-refractivity contribution in [3.8, 4) is 0 Å². The van der Waals surface area contributed by atoms with Crippen LogP contribution in [0.1, 0.15) is 101 Å². The molecule has 0 radical (unpaired) electrons. The maximum Gasteiger partial charge on any atom is -1.00 e. The predicted octanol–water partition coefficient (Wildman–Crippen LogP) is 4.42. The SMILES string of the molecule is CC(C)(C)c1ccc2c(c1)[cH-]c1cc(C(C)(C)C)ccc12.CC1=[C-]C(C)C=C1C(C)(C)C.C[C](C)=[Zr+2].[Cl-].[Cl-]. The van der Waals surface area contributed by atoms with Crippen LogP contribution in [0.25, 0.3) is 21.5 Å². The molecule has 3 aromatic carbocycles. The Morgan fingerprint density at radius 2 is 1.11 bits per heavy atom. The quantitative estimate of drug-likeness (QED) is 0.323. The van der Waals surface area contributed by atoms with Crippen LogP contribution in [-0.2, 0) is 35.1 Å². The minimum Gasteiger partial charge on any atom is -1.00 e. The van der Waals surface area contributed by atoms with Gasteiger partial charge in [0.15, 0.2) is 0 Å². The van der Waals surface area contributed by atoms with E-state index in [1.807, 2.05) is 0 Å². The van der Waals surface area contributed by atoms with Gasteiger partial charge in [-0.15, -0.1) is 39.7 Å². The van der Waals surface area contributed by atoms with Gasteiger partial charge in [-0.2, -0.15) is 11.6 Å². The molecule has 0 amide bonds. The molecule has 0 heterocycles. The maximum absolute atomic E-state index is 3.40. The van der Waals surface area contributed by atoms with E-state index in [0.717, 1.165) is 0 Å². The van der Waals surface area contributed by atoms with Crippen LogP contribution >= 0.6 is 0 Å². The molecule has 1 atom stereocenters. The number of benzene rings is 2. The molecule has 0 fully saturated rings. The minimum atomic E-state index is 0. The fraction of sp³-hybridized carbons (Fsp3) is 0.486. The molecular weight excluding hydrogens is 583 g/mol. The average molecular weight is 631 g/mol. The standard InChI is InChI=1S/C21H25.C11H17.C3H6.2ClH.Zr/c1-20(2,3)16-7-9-18-14(12-16)11-15-13-17(21(4,5)6)8-10-19(15)18;1-8-6-9(2)10(7-8)11(3,4)5;1-3-2;;;/h7-13H,1-6H3;7-8H,1-5H3;1-2H3;2*1H;/q2*-1;;;;+2/p-2. The molecule has 1 aliphatic rings. The maximum atomic E-state index is 3.40. The molecule has 0 aliphatic heterocycles. The van der Waals surface area contributed by atoms with Crippen LogP contribution < -0.4 is 24.8 Å². The van der Waals surface area contributed by atoms with Gasteiger partial charge in [0.2, 0.25) is 0 Å². The van der Waals surface area contributed by atoms with Crippen molar-refractivity contribution in [3.63, 3.8) is 0 Å². The molecular formula is C35H48Cl2Zr-2. The summed E-state index contributed by atoms with van der Waals surface area (Å²) in [5, 5.41) is 5.48. The molecule has 208 valence electrons. The van der Waals surface area contributed by atoms with Gasteiger partial charge < -0.3 is 24.8 Å². The van der Waals surface area contributed by atoms with E-state index in [2.05, 4.69) is 145 Å². The summed E-state index contributed by atoms with van der Waals surface area (Å²) in [6.07, 6.45) is 5.71. The smallest absolute Gasteiger partial charge is 1.00 e. The van der Waals surface area contributed by atoms with E-state index in [0.29, 0.717) is 11.3 Å². The molecule has 0 aromatic heterocycles. The van der Waals surface area contributed by atoms with Gasteiger partial charge >= 0.3 is 41.3 Å². The summed E-state index contributed by atoms with van der Waals surface area (Å²) in [5.41, 5.74) is 6.31. The van der Waals surface area contributed by atoms with Crippen LogP contribution in [0.3, 0.4) is 0 Å². The number of halogens is 2. The first-order valence-corrected chi connectivity index (χ1v) is 14.5. The van der Waals surface area contributed by atoms with Crippen LogP contribution in [0.4, 0.5) is 0 Å². The summed E-state index contributed by atoms with van der Waals surface area (Å²) in [6, 6.07) is 16.2. The summed E-state index contributed by atoms with van der Waals surface area (Å²) in [4.78, 5) is 0. The van der Waals surface area contributed by atoms with Gasteiger partial charge in [-0.25, -0.2) is 5.57 Å². The van der Waals surface area contributed by atoms with Gasteiger partial charge in [0.05, 0.1) is 0 Å². The molecule has 0 nitrogen and oxygen atoms in total. The molecule has 0 saturated carbocycles. The Bertz CT molecular complexity index is 1210. The molecule has 0 spiro atoms. The minimum absolute atomic E-state index is 0. The van der Waals surface area contributed by atoms with Crippen LogP contribution in [-0.4, -0.2) is 3.21 Å². The Hall–Kier alpha value is -0.877. The molecule has 0 saturated heterocycles. The zero-order chi connectivity index (χ0) is 27.6. The molecule has 0 N–H and O–H groups in total. The van der Waals surface area contributed by atoms with Crippen molar-refractivity contribution >= 4 is 24.8 Å². The first-order chi connectivity index (χ1) is 16.3. The van der Waals surface area contributed by atoms with E-state index in [-0.39, 0.29) is 35.6 Å². The Balaban J connectivity index is 0.000000684. The third-order valence-corrected chi connectivity index (χ3v) is 6.51. The van der Waals surface area contributed by atoms with Crippen LogP contribution in [0.15, 0.2) is 59.7 Å². The Kier molecular flexibility index (Phi) is 13.8. The fourth-order valence-corrected chi connectivity index (χ4v) is 4.60. The molecule has 4 rings (SSSR count). The number of hydrogen-bond donors (Lipinski definition) is 0. The molecule has 3 aromatic rings. The van der Waals surface area contributed by atoms with Crippen molar-refractivity contribution in [2.45, 2.75) is 101 Å². The largest absolute Gasteiger partial charge is 1.00 e. The number of hydrogen-bond acceptors (Lipinski definition) is 0. The molecule has 1 aliphatic carbocycles. The number of rotatable bonds is 0. The second kappa shape index (κ2) is 14.1. The summed E-state index contributed by atoms with van der Waals surface area (Å²) in [6.45, 7) is 29.0. The van der Waals surface area contributed by atoms with Crippen molar-refractivity contribution in [2.24, 2.45) is 11.3 Å². The first-order valence-electron chi connectivity index (χ1n) is 13.3. The van der Waals surface area contributed by atoms with Crippen molar-refractivity contribution in [1.82, 2.24) is 0 Å². The second-order valence-electron chi connectivity index (χ2n) is 13.6. The van der Waals surface area contributed by atoms with Crippen molar-refractivity contribution < 1.29 is 49.0 Å². The summed E-state index contributed by atoms with van der Waals surface area (Å²) in [5.74, 6) is 0.518. The van der Waals surface area contributed by atoms with Crippen LogP contribution in [0.5, 0.6) is 0 Å². The molecule has 0 bridgehead atoms. The Morgan fingerprint density at radius 1 is 0.737 bits per heavy atom. The van der Waals surface area contributed by atoms with E-state index < -0.39 is 0 Å². The van der Waals surface area contributed by atoms with E-state index in [4.69, 9.17) is 0 Å². The van der Waals surface area contributed by atoms with Gasteiger partial charge in [0, 0.05) is 0 Å². The first kappa shape index (κ1) is 37.1. The van der Waals surface area contributed by atoms with Crippen molar-refractivity contribution in [2.75, 3.05) is 0 Å². The molecule has 1 unspecified atom stereocenters. The van der Waals surface area contributed by atoms with Gasteiger partial charge in [-0.05, 0) is 10.8 Å². The van der Waals surface area contributed by atoms with Crippen LogP contribution in [0.2, 0.25) is 0 Å². The van der Waals surface area contributed by atoms with Gasteiger partial charge in [0.25, 0.3) is 0 Å². The fourth-order valence-electron chi connectivity index (χ4n) is 4.60. The Morgan fingerprint density at radius 3 is 1.34 bits per heavy atom. The van der Waals surface area contributed by atoms with E-state index >= 15 is 0 Å². The Labute approximate surface area is 261 Å². The van der Waals surface area contributed by atoms with Gasteiger partial charge in [-0.1, -0.05) is 123 Å². The third kappa shape index (κ3) is 10.3. The average Bonchev–Trinajstić information content (AvgIpc) is 3.24. The zero-order valence-corrected chi connectivity index (χ0v) is 29.9. The van der Waals surface area contributed by atoms with Crippen molar-refractivity contribution in [3.05, 3.63) is 76.9 Å². The topological polar surface area (TPSA) is 0 Å². The predicted molar refractivity (Wildman–Crippen MR) is 160 cm³/mol. The van der Waals surface area contributed by atoms with Gasteiger partial charge in [-0.3, -0.25) is 6.08 Å². The molecule has 38 heavy (non-hydrogen) atoms.